The van der Waals surface area contributed by atoms with Crippen LogP contribution < -0.4 is 4.74 Å². The van der Waals surface area contributed by atoms with Crippen molar-refractivity contribution in [2.45, 2.75) is 0 Å². The third-order valence-corrected chi connectivity index (χ3v) is 1.70. The monoisotopic (exact) mass is 174 g/mol. The second-order valence-corrected chi connectivity index (χ2v) is 2.46. The summed E-state index contributed by atoms with van der Waals surface area (Å²) in [7, 11) is 1.48. The van der Waals surface area contributed by atoms with E-state index in [9.17, 15) is 0 Å². The number of pyridine rings is 1. The van der Waals surface area contributed by atoms with Gasteiger partial charge in [0, 0.05) is 5.39 Å². The van der Waals surface area contributed by atoms with Gasteiger partial charge in [-0.1, -0.05) is 0 Å². The SMILES string of the molecule is COc1nc2[nH]ncc2cc1C#N. The standard InChI is InChI=1S/C8H6N4O/c1-13-8-5(3-9)2-6-4-10-12-7(6)11-8/h2,4H,1H3,(H,10,11,12). The van der Waals surface area contributed by atoms with E-state index in [-0.39, 0.29) is 0 Å². The fourth-order valence-electron chi connectivity index (χ4n) is 1.10. The number of aromatic amines is 1. The predicted molar refractivity (Wildman–Crippen MR) is 45.2 cm³/mol. The van der Waals surface area contributed by atoms with Crippen LogP contribution in [0.3, 0.4) is 0 Å². The van der Waals surface area contributed by atoms with E-state index >= 15 is 0 Å². The Labute approximate surface area is 74.0 Å². The third kappa shape index (κ3) is 1.08. The molecule has 0 spiro atoms. The molecule has 0 atom stereocenters. The zero-order chi connectivity index (χ0) is 9.26. The minimum atomic E-state index is 0.319. The summed E-state index contributed by atoms with van der Waals surface area (Å²) in [5.74, 6) is 0.319. The number of fused-ring (bicyclic) bond motifs is 1. The molecule has 5 heteroatoms. The number of nitrogens with one attached hydrogen (secondary N) is 1. The summed E-state index contributed by atoms with van der Waals surface area (Å²) in [4.78, 5) is 4.06. The van der Waals surface area contributed by atoms with Gasteiger partial charge in [0.05, 0.1) is 13.3 Å². The van der Waals surface area contributed by atoms with Gasteiger partial charge in [0.15, 0.2) is 5.65 Å². The number of methoxy groups -OCH3 is 1. The van der Waals surface area contributed by atoms with Crippen molar-refractivity contribution in [3.63, 3.8) is 0 Å². The number of hydrogen-bond acceptors (Lipinski definition) is 4. The Balaban J connectivity index is 2.76. The molecule has 0 unspecified atom stereocenters. The highest BCUT2D eigenvalue weighted by Crippen LogP contribution is 2.19. The number of ether oxygens (including phenoxy) is 1. The van der Waals surface area contributed by atoms with Gasteiger partial charge < -0.3 is 4.74 Å². The minimum absolute atomic E-state index is 0.319. The van der Waals surface area contributed by atoms with Gasteiger partial charge in [-0.25, -0.2) is 0 Å². The Hall–Kier alpha value is -2.09. The highest BCUT2D eigenvalue weighted by Gasteiger charge is 2.06. The lowest BCUT2D eigenvalue weighted by Crippen LogP contribution is -1.91. The average Bonchev–Trinajstić information content (AvgIpc) is 2.62. The number of nitrogens with zero attached hydrogens (tertiary/aromatic N) is 3. The lowest BCUT2D eigenvalue weighted by Gasteiger charge is -1.99. The highest BCUT2D eigenvalue weighted by atomic mass is 16.5. The molecule has 0 aliphatic rings. The number of rotatable bonds is 1. The first-order valence-corrected chi connectivity index (χ1v) is 3.63. The molecular weight excluding hydrogens is 168 g/mol. The first kappa shape index (κ1) is 7.55. The van der Waals surface area contributed by atoms with Crippen LogP contribution in [0.4, 0.5) is 0 Å². The lowest BCUT2D eigenvalue weighted by atomic mass is 10.2. The van der Waals surface area contributed by atoms with Crippen molar-refractivity contribution in [2.24, 2.45) is 0 Å². The first-order chi connectivity index (χ1) is 6.35. The molecule has 0 aliphatic carbocycles. The van der Waals surface area contributed by atoms with Crippen LogP contribution in [0.5, 0.6) is 5.88 Å². The molecule has 0 saturated carbocycles. The molecule has 2 aromatic heterocycles. The predicted octanol–water partition coefficient (Wildman–Crippen LogP) is 0.838. The van der Waals surface area contributed by atoms with Crippen LogP contribution >= 0.6 is 0 Å². The van der Waals surface area contributed by atoms with E-state index in [1.54, 1.807) is 12.3 Å². The van der Waals surface area contributed by atoms with Gasteiger partial charge in [0.2, 0.25) is 5.88 Å². The molecule has 0 aromatic carbocycles. The summed E-state index contributed by atoms with van der Waals surface area (Å²) >= 11 is 0. The molecule has 0 aliphatic heterocycles. The Morgan fingerprint density at radius 2 is 2.46 bits per heavy atom. The summed E-state index contributed by atoms with van der Waals surface area (Å²) in [6.07, 6.45) is 1.61. The van der Waals surface area contributed by atoms with E-state index in [4.69, 9.17) is 10.00 Å². The maximum absolute atomic E-state index is 8.75. The second kappa shape index (κ2) is 2.75. The summed E-state index contributed by atoms with van der Waals surface area (Å²) in [6.45, 7) is 0. The molecule has 2 heterocycles. The molecule has 0 fully saturated rings. The van der Waals surface area contributed by atoms with Crippen LogP contribution in [0, 0.1) is 11.3 Å². The van der Waals surface area contributed by atoms with Crippen molar-refractivity contribution in [1.82, 2.24) is 15.2 Å². The van der Waals surface area contributed by atoms with Gasteiger partial charge in [-0.15, -0.1) is 0 Å². The Morgan fingerprint density at radius 1 is 1.62 bits per heavy atom. The Kier molecular flexibility index (Phi) is 1.60. The minimum Gasteiger partial charge on any atom is -0.480 e. The van der Waals surface area contributed by atoms with Gasteiger partial charge in [0.1, 0.15) is 11.6 Å². The van der Waals surface area contributed by atoms with Crippen molar-refractivity contribution in [2.75, 3.05) is 7.11 Å². The summed E-state index contributed by atoms with van der Waals surface area (Å²) in [5, 5.41) is 16.0. The molecule has 2 aromatic rings. The highest BCUT2D eigenvalue weighted by molar-refractivity contribution is 5.76. The third-order valence-electron chi connectivity index (χ3n) is 1.70. The van der Waals surface area contributed by atoms with Crippen molar-refractivity contribution in [3.8, 4) is 11.9 Å². The van der Waals surface area contributed by atoms with Crippen LogP contribution in [-0.4, -0.2) is 22.3 Å². The van der Waals surface area contributed by atoms with Crippen molar-refractivity contribution >= 4 is 11.0 Å². The fraction of sp³-hybridized carbons (Fsp3) is 0.125. The van der Waals surface area contributed by atoms with Crippen molar-refractivity contribution in [1.29, 1.82) is 5.26 Å². The van der Waals surface area contributed by atoms with Gasteiger partial charge >= 0.3 is 0 Å². The number of nitriles is 1. The number of H-pyrrole nitrogens is 1. The normalized spacial score (nSPS) is 9.85. The van der Waals surface area contributed by atoms with Crippen LogP contribution in [0.2, 0.25) is 0 Å². The molecule has 0 bridgehead atoms. The molecule has 2 rings (SSSR count). The molecule has 0 saturated heterocycles. The van der Waals surface area contributed by atoms with Crippen LogP contribution in [-0.2, 0) is 0 Å². The molecule has 13 heavy (non-hydrogen) atoms. The zero-order valence-corrected chi connectivity index (χ0v) is 6.90. The van der Waals surface area contributed by atoms with Gasteiger partial charge in [-0.3, -0.25) is 5.10 Å². The molecule has 1 N–H and O–H groups in total. The van der Waals surface area contributed by atoms with E-state index in [2.05, 4.69) is 15.2 Å². The van der Waals surface area contributed by atoms with Crippen LogP contribution in [0.25, 0.3) is 11.0 Å². The van der Waals surface area contributed by atoms with E-state index in [1.165, 1.54) is 7.11 Å². The van der Waals surface area contributed by atoms with E-state index in [1.807, 2.05) is 6.07 Å². The van der Waals surface area contributed by atoms with Crippen molar-refractivity contribution in [3.05, 3.63) is 17.8 Å². The maximum atomic E-state index is 8.75. The summed E-state index contributed by atoms with van der Waals surface area (Å²) < 4.78 is 4.93. The van der Waals surface area contributed by atoms with Gasteiger partial charge in [-0.05, 0) is 6.07 Å². The Morgan fingerprint density at radius 3 is 3.15 bits per heavy atom. The smallest absolute Gasteiger partial charge is 0.233 e. The Bertz CT molecular complexity index is 482. The lowest BCUT2D eigenvalue weighted by molar-refractivity contribution is 0.398. The molecule has 0 radical (unpaired) electrons. The van der Waals surface area contributed by atoms with Gasteiger partial charge in [-0.2, -0.15) is 15.3 Å². The molecule has 0 amide bonds. The van der Waals surface area contributed by atoms with Gasteiger partial charge in [0.25, 0.3) is 0 Å². The van der Waals surface area contributed by atoms with E-state index in [0.717, 1.165) is 5.39 Å². The quantitative estimate of drug-likeness (QED) is 0.695. The topological polar surface area (TPSA) is 74.6 Å². The first-order valence-electron chi connectivity index (χ1n) is 3.63. The van der Waals surface area contributed by atoms with Crippen molar-refractivity contribution < 1.29 is 4.74 Å². The fourth-order valence-corrected chi connectivity index (χ4v) is 1.10. The largest absolute Gasteiger partial charge is 0.480 e. The summed E-state index contributed by atoms with van der Waals surface area (Å²) in [6, 6.07) is 3.68. The second-order valence-electron chi connectivity index (χ2n) is 2.46. The maximum Gasteiger partial charge on any atom is 0.233 e. The average molecular weight is 174 g/mol. The van der Waals surface area contributed by atoms with E-state index in [0.29, 0.717) is 17.1 Å². The van der Waals surface area contributed by atoms with Crippen LogP contribution in [0.1, 0.15) is 5.56 Å². The summed E-state index contributed by atoms with van der Waals surface area (Å²) in [5.41, 5.74) is 1.03. The number of aromatic nitrogens is 3. The number of hydrogen-bond donors (Lipinski definition) is 1. The molecular formula is C8H6N4O. The molecule has 5 nitrogen and oxygen atoms in total. The molecule has 64 valence electrons. The van der Waals surface area contributed by atoms with E-state index < -0.39 is 0 Å². The zero-order valence-electron chi connectivity index (χ0n) is 6.90. The van der Waals surface area contributed by atoms with Crippen LogP contribution in [0.15, 0.2) is 12.3 Å².